The van der Waals surface area contributed by atoms with Crippen LogP contribution in [0.5, 0.6) is 0 Å². The highest BCUT2D eigenvalue weighted by Crippen LogP contribution is 2.44. The molecule has 0 unspecified atom stereocenters. The van der Waals surface area contributed by atoms with Crippen LogP contribution < -0.4 is 0 Å². The van der Waals surface area contributed by atoms with Crippen LogP contribution in [-0.2, 0) is 0 Å². The molecule has 0 aliphatic heterocycles. The van der Waals surface area contributed by atoms with Gasteiger partial charge in [0.05, 0.1) is 22.1 Å². The van der Waals surface area contributed by atoms with Crippen molar-refractivity contribution in [1.29, 1.82) is 0 Å². The van der Waals surface area contributed by atoms with E-state index in [2.05, 4.69) is 143 Å². The van der Waals surface area contributed by atoms with Crippen LogP contribution in [0, 0.1) is 0 Å². The fourth-order valence-electron chi connectivity index (χ4n) is 10.8. The second kappa shape index (κ2) is 19.2. The third-order valence-electron chi connectivity index (χ3n) is 14.4. The summed E-state index contributed by atoms with van der Waals surface area (Å²) >= 11 is 1.59. The molecule has 15 aromatic rings. The topological polar surface area (TPSA) is 113 Å². The van der Waals surface area contributed by atoms with Crippen LogP contribution in [0.4, 0.5) is 0 Å². The molecule has 370 valence electrons. The van der Waals surface area contributed by atoms with Gasteiger partial charge in [0, 0.05) is 77.4 Å². The van der Waals surface area contributed by atoms with Gasteiger partial charge in [-0.2, -0.15) is 0 Å². The van der Waals surface area contributed by atoms with E-state index >= 15 is 0 Å². The van der Waals surface area contributed by atoms with Gasteiger partial charge in [0.1, 0.15) is 10.0 Å². The predicted octanol–water partition coefficient (Wildman–Crippen LogP) is 16.4. The van der Waals surface area contributed by atoms with Crippen LogP contribution >= 0.6 is 11.3 Å². The molecule has 79 heavy (non-hydrogen) atoms. The van der Waals surface area contributed by atoms with E-state index < -0.39 is 0 Å². The summed E-state index contributed by atoms with van der Waals surface area (Å²) in [5.74, 6) is 3.62. The third kappa shape index (κ3) is 8.12. The molecule has 0 spiro atoms. The Kier molecular flexibility index (Phi) is 11.1. The Balaban J connectivity index is 0.866. The van der Waals surface area contributed by atoms with Gasteiger partial charge in [-0.25, -0.2) is 29.9 Å². The number of benzene rings is 10. The van der Waals surface area contributed by atoms with E-state index in [1.54, 1.807) is 11.3 Å². The number of hydrogen-bond acceptors (Lipinski definition) is 9. The van der Waals surface area contributed by atoms with Crippen LogP contribution in [0.15, 0.2) is 255 Å². The van der Waals surface area contributed by atoms with E-state index in [1.165, 1.54) is 0 Å². The van der Waals surface area contributed by atoms with Crippen molar-refractivity contribution >= 4 is 54.9 Å². The molecule has 0 saturated heterocycles. The maximum absolute atomic E-state index is 5.09. The predicted molar refractivity (Wildman–Crippen MR) is 319 cm³/mol. The second-order valence-corrected chi connectivity index (χ2v) is 20.2. The fraction of sp³-hybridized carbons (Fsp3) is 0. The monoisotopic (exact) mass is 1030 g/mol. The average Bonchev–Trinajstić information content (AvgIpc) is 4.39. The van der Waals surface area contributed by atoms with Crippen molar-refractivity contribution < 1.29 is 0 Å². The molecule has 15 rings (SSSR count). The Hall–Kier alpha value is -10.6. The van der Waals surface area contributed by atoms with Gasteiger partial charge >= 0.3 is 0 Å². The minimum Gasteiger partial charge on any atom is -0.309 e. The maximum Gasteiger partial charge on any atom is 0.164 e. The molecule has 5 aromatic heterocycles. The highest BCUT2D eigenvalue weighted by atomic mass is 32.1. The van der Waals surface area contributed by atoms with Gasteiger partial charge in [-0.05, 0) is 48.5 Å². The van der Waals surface area contributed by atoms with Gasteiger partial charge in [-0.1, -0.05) is 218 Å². The zero-order chi connectivity index (χ0) is 52.2. The van der Waals surface area contributed by atoms with Crippen LogP contribution in [0.2, 0.25) is 0 Å². The molecular weight excluding hydrogens is 989 g/mol. The normalized spacial score (nSPS) is 11.5. The van der Waals surface area contributed by atoms with Gasteiger partial charge < -0.3 is 9.13 Å². The lowest BCUT2D eigenvalue weighted by Crippen LogP contribution is -2.01. The first kappa shape index (κ1) is 45.7. The number of rotatable bonds is 10. The first-order valence-electron chi connectivity index (χ1n) is 26.0. The molecule has 0 N–H and O–H groups in total. The van der Waals surface area contributed by atoms with E-state index in [0.717, 1.165) is 110 Å². The molecule has 5 heterocycles. The molecular formula is C68H42N10S. The van der Waals surface area contributed by atoms with E-state index in [1.807, 2.05) is 121 Å². The summed E-state index contributed by atoms with van der Waals surface area (Å²) in [6.45, 7) is 0. The summed E-state index contributed by atoms with van der Waals surface area (Å²) in [4.78, 5) is 30.3. The molecule has 0 atom stereocenters. The van der Waals surface area contributed by atoms with Gasteiger partial charge in [-0.15, -0.1) is 10.2 Å². The maximum atomic E-state index is 5.09. The Morgan fingerprint density at radius 1 is 0.253 bits per heavy atom. The van der Waals surface area contributed by atoms with E-state index in [0.29, 0.717) is 34.9 Å². The fourth-order valence-corrected chi connectivity index (χ4v) is 11.7. The zero-order valence-corrected chi connectivity index (χ0v) is 42.9. The summed E-state index contributed by atoms with van der Waals surface area (Å²) in [5, 5.41) is 16.2. The van der Waals surface area contributed by atoms with Gasteiger partial charge in [-0.3, -0.25) is 0 Å². The third-order valence-corrected chi connectivity index (χ3v) is 15.4. The summed E-state index contributed by atoms with van der Waals surface area (Å²) in [6, 6.07) is 87.3. The largest absolute Gasteiger partial charge is 0.309 e. The molecule has 10 aromatic carbocycles. The van der Waals surface area contributed by atoms with Crippen molar-refractivity contribution in [2.45, 2.75) is 0 Å². The summed E-state index contributed by atoms with van der Waals surface area (Å²) in [5.41, 5.74) is 13.5. The molecule has 11 heteroatoms. The summed E-state index contributed by atoms with van der Waals surface area (Å²) in [7, 11) is 0. The first-order valence-corrected chi connectivity index (χ1v) is 26.8. The van der Waals surface area contributed by atoms with Crippen LogP contribution in [0.25, 0.3) is 144 Å². The Morgan fingerprint density at radius 2 is 0.544 bits per heavy atom. The number of para-hydroxylation sites is 4. The van der Waals surface area contributed by atoms with Gasteiger partial charge in [0.15, 0.2) is 34.9 Å². The Morgan fingerprint density at radius 3 is 0.911 bits per heavy atom. The van der Waals surface area contributed by atoms with E-state index in [9.17, 15) is 0 Å². The Bertz CT molecular complexity index is 4370. The molecule has 0 radical (unpaired) electrons. The van der Waals surface area contributed by atoms with Crippen molar-refractivity contribution in [1.82, 2.24) is 49.2 Å². The van der Waals surface area contributed by atoms with Crippen molar-refractivity contribution in [3.05, 3.63) is 255 Å². The number of hydrogen-bond donors (Lipinski definition) is 0. The number of aromatic nitrogens is 10. The smallest absolute Gasteiger partial charge is 0.164 e. The molecule has 10 nitrogen and oxygen atoms in total. The van der Waals surface area contributed by atoms with E-state index in [-0.39, 0.29) is 0 Å². The summed E-state index contributed by atoms with van der Waals surface area (Å²) < 4.78 is 4.68. The molecule has 0 fully saturated rings. The molecule has 0 aliphatic carbocycles. The van der Waals surface area contributed by atoms with Crippen molar-refractivity contribution in [3.8, 4) is 101 Å². The highest BCUT2D eigenvalue weighted by Gasteiger charge is 2.24. The van der Waals surface area contributed by atoms with Crippen LogP contribution in [0.1, 0.15) is 0 Å². The van der Waals surface area contributed by atoms with Crippen LogP contribution in [-0.4, -0.2) is 49.2 Å². The van der Waals surface area contributed by atoms with Crippen molar-refractivity contribution in [2.24, 2.45) is 0 Å². The quantitative estimate of drug-likeness (QED) is 0.133. The van der Waals surface area contributed by atoms with Crippen molar-refractivity contribution in [2.75, 3.05) is 0 Å². The van der Waals surface area contributed by atoms with Crippen molar-refractivity contribution in [3.63, 3.8) is 0 Å². The lowest BCUT2D eigenvalue weighted by atomic mass is 10.1. The molecule has 0 aliphatic rings. The minimum atomic E-state index is 0.586. The van der Waals surface area contributed by atoms with Gasteiger partial charge in [0.25, 0.3) is 0 Å². The Labute approximate surface area is 457 Å². The van der Waals surface area contributed by atoms with Gasteiger partial charge in [0.2, 0.25) is 0 Å². The minimum absolute atomic E-state index is 0.586. The van der Waals surface area contributed by atoms with Crippen LogP contribution in [0.3, 0.4) is 0 Å². The first-order chi connectivity index (χ1) is 39.2. The lowest BCUT2D eigenvalue weighted by Gasteiger charge is -2.13. The highest BCUT2D eigenvalue weighted by molar-refractivity contribution is 7.18. The number of fused-ring (bicyclic) bond motifs is 6. The standard InChI is InChI=1S/C68H42N10S/c1-5-21-43(22-6-1)61-69-62(44-23-7-2-8-24-44)72-65(71-61)47-29-17-31-49(41-47)77-57-39-15-13-33-51(57)53-35-19-37-55(59(53)77)67-75-76-68(79-67)56-38-20-36-54-52-34-14-16-40-58(52)78(60(54)56)50-32-18-30-48(42-50)66-73-63(45-25-9-3-10-26-45)70-64(74-66)46-27-11-4-12-28-46/h1-42H. The summed E-state index contributed by atoms with van der Waals surface area (Å²) in [6.07, 6.45) is 0. The number of nitrogens with zero attached hydrogens (tertiary/aromatic N) is 10. The zero-order valence-electron chi connectivity index (χ0n) is 42.1. The van der Waals surface area contributed by atoms with E-state index in [4.69, 9.17) is 40.1 Å². The SMILES string of the molecule is c1ccc(-c2nc(-c3ccccc3)nc(-c3cccc(-n4c5ccccc5c5cccc(-c6nnc(-c7cccc8c9ccccc9n(-c9cccc(-c%10nc(-c%11ccccc%11)nc(-c%11ccccc%11)n%10)c9)c78)s6)c54)c3)n2)cc1. The molecule has 0 amide bonds. The molecule has 0 bridgehead atoms. The lowest BCUT2D eigenvalue weighted by molar-refractivity contribution is 1.07. The average molecular weight is 1030 g/mol. The second-order valence-electron chi connectivity index (χ2n) is 19.2. The molecule has 0 saturated carbocycles.